The maximum atomic E-state index is 13.6. The highest BCUT2D eigenvalue weighted by Crippen LogP contribution is 2.27. The van der Waals surface area contributed by atoms with Crippen LogP contribution in [0.2, 0.25) is 0 Å². The number of hydrogen-bond donors (Lipinski definition) is 1. The summed E-state index contributed by atoms with van der Waals surface area (Å²) in [4.78, 5) is -0.302. The first kappa shape index (κ1) is 14.0. The molecule has 2 aromatic carbocycles. The molecule has 0 saturated carbocycles. The quantitative estimate of drug-likeness (QED) is 0.871. The highest BCUT2D eigenvalue weighted by Gasteiger charge is 2.20. The summed E-state index contributed by atoms with van der Waals surface area (Å²) in [5.41, 5.74) is 6.64. The average Bonchev–Trinajstić information content (AvgIpc) is 2.35. The highest BCUT2D eigenvalue weighted by atomic mass is 79.9. The molecule has 0 saturated heterocycles. The van der Waals surface area contributed by atoms with Crippen LogP contribution in [0.25, 0.3) is 0 Å². The molecule has 6 heteroatoms. The lowest BCUT2D eigenvalue weighted by Crippen LogP contribution is -2.08. The number of nitrogens with two attached hydrogens (primary N) is 1. The fraction of sp³-hybridized carbons (Fsp3) is 0.0769. The molecule has 0 heterocycles. The predicted molar refractivity (Wildman–Crippen MR) is 75.8 cm³/mol. The average molecular weight is 344 g/mol. The number of rotatable bonds is 3. The van der Waals surface area contributed by atoms with E-state index in [1.165, 1.54) is 18.2 Å². The van der Waals surface area contributed by atoms with E-state index in [1.807, 2.05) is 0 Å². The Balaban J connectivity index is 2.43. The SMILES string of the molecule is Nc1cccc(CS(=O)(=O)c2ccccc2F)c1Br. The van der Waals surface area contributed by atoms with Crippen molar-refractivity contribution in [2.75, 3.05) is 5.73 Å². The van der Waals surface area contributed by atoms with Crippen molar-refractivity contribution in [3.63, 3.8) is 0 Å². The molecule has 100 valence electrons. The predicted octanol–water partition coefficient (Wildman–Crippen LogP) is 3.14. The third-order valence-corrected chi connectivity index (χ3v) is 5.29. The molecule has 0 atom stereocenters. The summed E-state index contributed by atoms with van der Waals surface area (Å²) < 4.78 is 38.4. The van der Waals surface area contributed by atoms with Gasteiger partial charge in [0.15, 0.2) is 9.84 Å². The van der Waals surface area contributed by atoms with Gasteiger partial charge < -0.3 is 5.73 Å². The highest BCUT2D eigenvalue weighted by molar-refractivity contribution is 9.10. The van der Waals surface area contributed by atoms with E-state index in [0.29, 0.717) is 15.7 Å². The van der Waals surface area contributed by atoms with Crippen molar-refractivity contribution in [2.45, 2.75) is 10.6 Å². The van der Waals surface area contributed by atoms with Crippen molar-refractivity contribution < 1.29 is 12.8 Å². The molecule has 0 aliphatic heterocycles. The molecule has 19 heavy (non-hydrogen) atoms. The Hall–Kier alpha value is -1.40. The zero-order valence-electron chi connectivity index (χ0n) is 9.81. The molecule has 0 spiro atoms. The van der Waals surface area contributed by atoms with E-state index in [2.05, 4.69) is 15.9 Å². The van der Waals surface area contributed by atoms with Crippen LogP contribution in [0.3, 0.4) is 0 Å². The summed E-state index contributed by atoms with van der Waals surface area (Å²) in [6.45, 7) is 0. The number of hydrogen-bond acceptors (Lipinski definition) is 3. The van der Waals surface area contributed by atoms with Gasteiger partial charge in [0.05, 0.1) is 5.75 Å². The summed E-state index contributed by atoms with van der Waals surface area (Å²) >= 11 is 3.24. The minimum atomic E-state index is -3.74. The molecule has 0 bridgehead atoms. The van der Waals surface area contributed by atoms with Gasteiger partial charge in [-0.3, -0.25) is 0 Å². The van der Waals surface area contributed by atoms with Crippen molar-refractivity contribution in [3.8, 4) is 0 Å². The normalized spacial score (nSPS) is 11.5. The lowest BCUT2D eigenvalue weighted by atomic mass is 10.2. The van der Waals surface area contributed by atoms with Crippen molar-refractivity contribution in [1.82, 2.24) is 0 Å². The molecule has 0 aliphatic carbocycles. The van der Waals surface area contributed by atoms with Crippen LogP contribution >= 0.6 is 15.9 Å². The van der Waals surface area contributed by atoms with E-state index >= 15 is 0 Å². The smallest absolute Gasteiger partial charge is 0.185 e. The fourth-order valence-corrected chi connectivity index (χ4v) is 3.74. The lowest BCUT2D eigenvalue weighted by Gasteiger charge is -2.08. The van der Waals surface area contributed by atoms with Crippen molar-refractivity contribution >= 4 is 31.5 Å². The van der Waals surface area contributed by atoms with Gasteiger partial charge in [-0.15, -0.1) is 0 Å². The van der Waals surface area contributed by atoms with Gasteiger partial charge >= 0.3 is 0 Å². The first-order chi connectivity index (χ1) is 8.92. The van der Waals surface area contributed by atoms with Crippen molar-refractivity contribution in [1.29, 1.82) is 0 Å². The molecule has 0 aliphatic rings. The summed E-state index contributed by atoms with van der Waals surface area (Å²) in [5, 5.41) is 0. The second-order valence-corrected chi connectivity index (χ2v) is 6.76. The largest absolute Gasteiger partial charge is 0.398 e. The molecule has 0 aromatic heterocycles. The van der Waals surface area contributed by atoms with Gasteiger partial charge in [0.2, 0.25) is 0 Å². The van der Waals surface area contributed by atoms with Crippen LogP contribution in [-0.2, 0) is 15.6 Å². The molecule has 0 amide bonds. The number of nitrogen functional groups attached to an aromatic ring is 1. The second kappa shape index (κ2) is 5.30. The van der Waals surface area contributed by atoms with Gasteiger partial charge in [-0.25, -0.2) is 12.8 Å². The number of anilines is 1. The Labute approximate surface area is 119 Å². The Morgan fingerprint density at radius 2 is 1.79 bits per heavy atom. The van der Waals surface area contributed by atoms with Gasteiger partial charge in [-0.1, -0.05) is 24.3 Å². The molecular weight excluding hydrogens is 333 g/mol. The maximum Gasteiger partial charge on any atom is 0.185 e. The van der Waals surface area contributed by atoms with E-state index in [9.17, 15) is 12.8 Å². The maximum absolute atomic E-state index is 13.6. The minimum absolute atomic E-state index is 0.302. The van der Waals surface area contributed by atoms with Crippen molar-refractivity contribution in [3.05, 3.63) is 58.3 Å². The molecule has 2 aromatic rings. The summed E-state index contributed by atoms with van der Waals surface area (Å²) in [6.07, 6.45) is 0. The molecule has 0 unspecified atom stereocenters. The topological polar surface area (TPSA) is 60.2 Å². The Morgan fingerprint density at radius 3 is 2.47 bits per heavy atom. The van der Waals surface area contributed by atoms with Gasteiger partial charge in [0.25, 0.3) is 0 Å². The summed E-state index contributed by atoms with van der Waals surface area (Å²) in [5.74, 6) is -1.05. The third kappa shape index (κ3) is 2.96. The standard InChI is InChI=1S/C13H11BrFNO2S/c14-13-9(4-3-6-11(13)16)8-19(17,18)12-7-2-1-5-10(12)15/h1-7H,8,16H2. The first-order valence-electron chi connectivity index (χ1n) is 5.42. The van der Waals surface area contributed by atoms with Crippen LogP contribution in [0.15, 0.2) is 51.8 Å². The van der Waals surface area contributed by atoms with Gasteiger partial charge in [-0.05, 0) is 39.7 Å². The molecule has 0 fully saturated rings. The first-order valence-corrected chi connectivity index (χ1v) is 7.86. The summed E-state index contributed by atoms with van der Waals surface area (Å²) in [6, 6.07) is 10.3. The summed E-state index contributed by atoms with van der Waals surface area (Å²) in [7, 11) is -3.74. The van der Waals surface area contributed by atoms with Crippen LogP contribution in [-0.4, -0.2) is 8.42 Å². The Morgan fingerprint density at radius 1 is 1.11 bits per heavy atom. The van der Waals surface area contributed by atoms with Crippen LogP contribution in [0.4, 0.5) is 10.1 Å². The van der Waals surface area contributed by atoms with Crippen molar-refractivity contribution in [2.24, 2.45) is 0 Å². The molecular formula is C13H11BrFNO2S. The van der Waals surface area contributed by atoms with E-state index in [-0.39, 0.29) is 10.6 Å². The molecule has 0 radical (unpaired) electrons. The zero-order chi connectivity index (χ0) is 14.0. The van der Waals surface area contributed by atoms with E-state index in [0.717, 1.165) is 6.07 Å². The molecule has 3 nitrogen and oxygen atoms in total. The fourth-order valence-electron chi connectivity index (χ4n) is 1.69. The van der Waals surface area contributed by atoms with Gasteiger partial charge in [0, 0.05) is 10.2 Å². The van der Waals surface area contributed by atoms with E-state index in [4.69, 9.17) is 5.73 Å². The van der Waals surface area contributed by atoms with Crippen LogP contribution in [0.1, 0.15) is 5.56 Å². The molecule has 2 N–H and O–H groups in total. The zero-order valence-corrected chi connectivity index (χ0v) is 12.2. The lowest BCUT2D eigenvalue weighted by molar-refractivity contribution is 0.566. The second-order valence-electron chi connectivity index (χ2n) is 4.01. The Bertz CT molecular complexity index is 716. The van der Waals surface area contributed by atoms with Crippen LogP contribution < -0.4 is 5.73 Å². The van der Waals surface area contributed by atoms with Gasteiger partial charge in [-0.2, -0.15) is 0 Å². The number of halogens is 2. The van der Waals surface area contributed by atoms with E-state index in [1.54, 1.807) is 18.2 Å². The van der Waals surface area contributed by atoms with Crippen LogP contribution in [0, 0.1) is 5.82 Å². The Kier molecular flexibility index (Phi) is 3.91. The molecule has 2 rings (SSSR count). The van der Waals surface area contributed by atoms with Crippen LogP contribution in [0.5, 0.6) is 0 Å². The minimum Gasteiger partial charge on any atom is -0.398 e. The van der Waals surface area contributed by atoms with E-state index < -0.39 is 15.7 Å². The number of sulfone groups is 1. The number of benzene rings is 2. The third-order valence-electron chi connectivity index (χ3n) is 2.63. The van der Waals surface area contributed by atoms with Gasteiger partial charge in [0.1, 0.15) is 10.7 Å². The monoisotopic (exact) mass is 343 g/mol.